The Labute approximate surface area is 66.9 Å². The van der Waals surface area contributed by atoms with Gasteiger partial charge in [0.1, 0.15) is 0 Å². The topological polar surface area (TPSA) is 21.3 Å². The van der Waals surface area contributed by atoms with Crippen LogP contribution in [-0.2, 0) is 4.28 Å². The van der Waals surface area contributed by atoms with Crippen molar-refractivity contribution in [3.8, 4) is 0 Å². The van der Waals surface area contributed by atoms with Gasteiger partial charge in [0.05, 0.1) is 0 Å². The minimum Gasteiger partial charge on any atom is -0.234 e. The first kappa shape index (κ1) is 6.95. The molecular formula is C7H13NOS. The number of hydroxylamine groups is 1. The lowest BCUT2D eigenvalue weighted by molar-refractivity contribution is 0.170. The summed E-state index contributed by atoms with van der Waals surface area (Å²) in [7, 11) is 0. The van der Waals surface area contributed by atoms with Gasteiger partial charge in [0.2, 0.25) is 0 Å². The van der Waals surface area contributed by atoms with Crippen molar-refractivity contribution in [1.29, 1.82) is 0 Å². The molecule has 2 nitrogen and oxygen atoms in total. The summed E-state index contributed by atoms with van der Waals surface area (Å²) in [6.45, 7) is 0. The van der Waals surface area contributed by atoms with Crippen molar-refractivity contribution in [1.82, 2.24) is 5.48 Å². The van der Waals surface area contributed by atoms with Crippen molar-refractivity contribution in [3.63, 3.8) is 0 Å². The maximum absolute atomic E-state index is 4.64. The number of hydrogen-bond donors (Lipinski definition) is 2. The molecule has 0 saturated heterocycles. The van der Waals surface area contributed by atoms with Crippen LogP contribution in [0.4, 0.5) is 0 Å². The second-order valence-corrected chi connectivity index (χ2v) is 3.80. The SMILES string of the molecule is SONC1(CC2CC2)CC1. The van der Waals surface area contributed by atoms with Crippen LogP contribution in [0.1, 0.15) is 32.1 Å². The lowest BCUT2D eigenvalue weighted by atomic mass is 10.1. The van der Waals surface area contributed by atoms with Crippen molar-refractivity contribution in [2.45, 2.75) is 37.6 Å². The van der Waals surface area contributed by atoms with Crippen LogP contribution in [0.2, 0.25) is 0 Å². The van der Waals surface area contributed by atoms with Crippen LogP contribution >= 0.6 is 12.9 Å². The minimum atomic E-state index is 0.336. The van der Waals surface area contributed by atoms with Crippen LogP contribution in [0.5, 0.6) is 0 Å². The van der Waals surface area contributed by atoms with Crippen molar-refractivity contribution < 1.29 is 4.28 Å². The summed E-state index contributed by atoms with van der Waals surface area (Å²) in [5.74, 6) is 0.985. The Balaban J connectivity index is 1.76. The first-order valence-electron chi connectivity index (χ1n) is 3.92. The standard InChI is InChI=1S/C7H13NOS/c10-9-8-7(3-4-7)5-6-1-2-6/h6,8,10H,1-5H2. The van der Waals surface area contributed by atoms with E-state index in [1.54, 1.807) is 0 Å². The summed E-state index contributed by atoms with van der Waals surface area (Å²) in [6, 6.07) is 0. The molecule has 2 aliphatic carbocycles. The molecule has 10 heavy (non-hydrogen) atoms. The number of nitrogens with one attached hydrogen (secondary N) is 1. The van der Waals surface area contributed by atoms with Crippen LogP contribution in [0, 0.1) is 5.92 Å². The van der Waals surface area contributed by atoms with Crippen molar-refractivity contribution in [3.05, 3.63) is 0 Å². The fraction of sp³-hybridized carbons (Fsp3) is 1.00. The molecule has 58 valence electrons. The van der Waals surface area contributed by atoms with E-state index in [9.17, 15) is 0 Å². The van der Waals surface area contributed by atoms with Gasteiger partial charge in [-0.25, -0.2) is 4.28 Å². The molecule has 0 bridgehead atoms. The average molecular weight is 159 g/mol. The highest BCUT2D eigenvalue weighted by molar-refractivity contribution is 7.75. The lowest BCUT2D eigenvalue weighted by Gasteiger charge is -2.12. The van der Waals surface area contributed by atoms with Crippen LogP contribution in [0.15, 0.2) is 0 Å². The van der Waals surface area contributed by atoms with Gasteiger partial charge in [-0.05, 0) is 38.1 Å². The molecule has 1 N–H and O–H groups in total. The highest BCUT2D eigenvalue weighted by atomic mass is 32.1. The van der Waals surface area contributed by atoms with Crippen molar-refractivity contribution in [2.24, 2.45) is 5.92 Å². The molecule has 0 spiro atoms. The van der Waals surface area contributed by atoms with Crippen LogP contribution in [0.3, 0.4) is 0 Å². The molecule has 0 radical (unpaired) electrons. The van der Waals surface area contributed by atoms with E-state index < -0.39 is 0 Å². The summed E-state index contributed by atoms with van der Waals surface area (Å²) >= 11 is 3.69. The van der Waals surface area contributed by atoms with Gasteiger partial charge in [0.15, 0.2) is 0 Å². The number of hydrogen-bond acceptors (Lipinski definition) is 3. The third-order valence-corrected chi connectivity index (χ3v) is 2.58. The maximum Gasteiger partial charge on any atom is 0.0448 e. The minimum absolute atomic E-state index is 0.336. The molecule has 0 aliphatic heterocycles. The number of rotatable bonds is 4. The highest BCUT2D eigenvalue weighted by Crippen LogP contribution is 2.47. The van der Waals surface area contributed by atoms with E-state index >= 15 is 0 Å². The Morgan fingerprint density at radius 1 is 1.50 bits per heavy atom. The van der Waals surface area contributed by atoms with E-state index in [0.717, 1.165) is 5.92 Å². The Morgan fingerprint density at radius 3 is 2.60 bits per heavy atom. The zero-order valence-electron chi connectivity index (χ0n) is 5.97. The van der Waals surface area contributed by atoms with Gasteiger partial charge in [-0.3, -0.25) is 0 Å². The second-order valence-electron chi connectivity index (χ2n) is 3.62. The summed E-state index contributed by atoms with van der Waals surface area (Å²) in [4.78, 5) is 0. The molecule has 2 fully saturated rings. The Kier molecular flexibility index (Phi) is 1.66. The molecule has 0 aromatic heterocycles. The van der Waals surface area contributed by atoms with E-state index in [-0.39, 0.29) is 0 Å². The molecule has 0 aromatic rings. The molecule has 0 amide bonds. The summed E-state index contributed by atoms with van der Waals surface area (Å²) in [6.07, 6.45) is 6.69. The molecule has 2 aliphatic rings. The first-order valence-corrected chi connectivity index (χ1v) is 4.29. The quantitative estimate of drug-likeness (QED) is 0.370. The van der Waals surface area contributed by atoms with Gasteiger partial charge < -0.3 is 0 Å². The molecule has 0 unspecified atom stereocenters. The van der Waals surface area contributed by atoms with Crippen LogP contribution in [-0.4, -0.2) is 5.54 Å². The predicted octanol–water partition coefficient (Wildman–Crippen LogP) is 1.69. The van der Waals surface area contributed by atoms with Crippen molar-refractivity contribution in [2.75, 3.05) is 0 Å². The smallest absolute Gasteiger partial charge is 0.0448 e. The van der Waals surface area contributed by atoms with Crippen molar-refractivity contribution >= 4 is 12.9 Å². The maximum atomic E-state index is 4.64. The van der Waals surface area contributed by atoms with E-state index in [1.165, 1.54) is 32.1 Å². The molecule has 3 heteroatoms. The third kappa shape index (κ3) is 1.47. The van der Waals surface area contributed by atoms with Gasteiger partial charge in [-0.2, -0.15) is 5.48 Å². The Bertz CT molecular complexity index is 132. The summed E-state index contributed by atoms with van der Waals surface area (Å²) in [5, 5.41) is 0. The van der Waals surface area contributed by atoms with E-state index in [1.807, 2.05) is 0 Å². The second kappa shape index (κ2) is 2.40. The van der Waals surface area contributed by atoms with Gasteiger partial charge in [-0.15, -0.1) is 0 Å². The van der Waals surface area contributed by atoms with E-state index in [2.05, 4.69) is 22.7 Å². The first-order chi connectivity index (χ1) is 4.85. The molecule has 0 heterocycles. The molecular weight excluding hydrogens is 146 g/mol. The third-order valence-electron chi connectivity index (χ3n) is 2.49. The summed E-state index contributed by atoms with van der Waals surface area (Å²) < 4.78 is 4.64. The normalized spacial score (nSPS) is 28.5. The summed E-state index contributed by atoms with van der Waals surface area (Å²) in [5.41, 5.74) is 3.30. The van der Waals surface area contributed by atoms with Crippen LogP contribution in [0.25, 0.3) is 0 Å². The molecule has 0 aromatic carbocycles. The zero-order valence-corrected chi connectivity index (χ0v) is 6.86. The monoisotopic (exact) mass is 159 g/mol. The van der Waals surface area contributed by atoms with Gasteiger partial charge >= 0.3 is 0 Å². The van der Waals surface area contributed by atoms with Crippen LogP contribution < -0.4 is 5.48 Å². The van der Waals surface area contributed by atoms with Gasteiger partial charge in [0, 0.05) is 5.54 Å². The van der Waals surface area contributed by atoms with Gasteiger partial charge in [-0.1, -0.05) is 12.8 Å². The Morgan fingerprint density at radius 2 is 2.20 bits per heavy atom. The largest absolute Gasteiger partial charge is 0.234 e. The molecule has 2 saturated carbocycles. The highest BCUT2D eigenvalue weighted by Gasteiger charge is 2.46. The lowest BCUT2D eigenvalue weighted by Crippen LogP contribution is -2.29. The molecule has 0 atom stereocenters. The van der Waals surface area contributed by atoms with Gasteiger partial charge in [0.25, 0.3) is 0 Å². The number of thiol groups is 1. The predicted molar refractivity (Wildman–Crippen MR) is 42.5 cm³/mol. The molecule has 2 rings (SSSR count). The fourth-order valence-corrected chi connectivity index (χ4v) is 1.66. The van der Waals surface area contributed by atoms with E-state index in [0.29, 0.717) is 5.54 Å². The fourth-order valence-electron chi connectivity index (χ4n) is 1.47. The average Bonchev–Trinajstić information content (AvgIpc) is 2.73. The zero-order chi connectivity index (χ0) is 7.03. The van der Waals surface area contributed by atoms with E-state index in [4.69, 9.17) is 0 Å². The Hall–Kier alpha value is 0.270.